The first-order valence-corrected chi connectivity index (χ1v) is 9.88. The number of benzene rings is 1. The second-order valence-electron chi connectivity index (χ2n) is 7.19. The van der Waals surface area contributed by atoms with Gasteiger partial charge < -0.3 is 14.5 Å². The van der Waals surface area contributed by atoms with Crippen molar-refractivity contribution in [3.05, 3.63) is 28.8 Å². The molecule has 1 aliphatic heterocycles. The van der Waals surface area contributed by atoms with E-state index in [2.05, 4.69) is 0 Å². The van der Waals surface area contributed by atoms with Crippen molar-refractivity contribution in [2.75, 3.05) is 32.8 Å². The molecule has 26 heavy (non-hydrogen) atoms. The van der Waals surface area contributed by atoms with E-state index in [9.17, 15) is 9.59 Å². The maximum atomic E-state index is 12.5. The highest BCUT2D eigenvalue weighted by Crippen LogP contribution is 2.38. The van der Waals surface area contributed by atoms with E-state index in [1.807, 2.05) is 18.2 Å². The van der Waals surface area contributed by atoms with Crippen LogP contribution in [0, 0.1) is 0 Å². The van der Waals surface area contributed by atoms with E-state index in [1.165, 1.54) is 19.3 Å². The number of hydrogen-bond donors (Lipinski definition) is 0. The largest absolute Gasteiger partial charge is 0.483 e. The van der Waals surface area contributed by atoms with E-state index in [0.717, 1.165) is 24.2 Å². The first-order valence-electron chi connectivity index (χ1n) is 9.50. The number of carbonyl (C=O) groups excluding carboxylic acids is 2. The van der Waals surface area contributed by atoms with Crippen LogP contribution in [0.3, 0.4) is 0 Å². The third-order valence-corrected chi connectivity index (χ3v) is 5.68. The van der Waals surface area contributed by atoms with Crippen molar-refractivity contribution in [2.24, 2.45) is 0 Å². The smallest absolute Gasteiger partial charge is 0.260 e. The van der Waals surface area contributed by atoms with E-state index in [0.29, 0.717) is 37.1 Å². The summed E-state index contributed by atoms with van der Waals surface area (Å²) >= 11 is 6.20. The van der Waals surface area contributed by atoms with Gasteiger partial charge in [0.1, 0.15) is 5.75 Å². The molecule has 0 atom stereocenters. The fourth-order valence-electron chi connectivity index (χ4n) is 3.88. The van der Waals surface area contributed by atoms with E-state index in [1.54, 1.807) is 16.7 Å². The number of carbonyl (C=O) groups is 2. The second-order valence-corrected chi connectivity index (χ2v) is 7.63. The number of rotatable bonds is 4. The van der Waals surface area contributed by atoms with Crippen LogP contribution in [0.5, 0.6) is 5.75 Å². The lowest BCUT2D eigenvalue weighted by molar-refractivity contribution is -0.139. The van der Waals surface area contributed by atoms with Gasteiger partial charge in [-0.05, 0) is 42.5 Å². The molecule has 5 nitrogen and oxygen atoms in total. The second kappa shape index (κ2) is 8.76. The molecule has 0 spiro atoms. The number of amides is 2. The van der Waals surface area contributed by atoms with Crippen LogP contribution in [0.1, 0.15) is 50.5 Å². The number of halogens is 1. The van der Waals surface area contributed by atoms with Crippen LogP contribution in [0.2, 0.25) is 5.02 Å². The van der Waals surface area contributed by atoms with Crippen LogP contribution >= 0.6 is 11.6 Å². The van der Waals surface area contributed by atoms with E-state index < -0.39 is 0 Å². The zero-order chi connectivity index (χ0) is 18.5. The predicted molar refractivity (Wildman–Crippen MR) is 102 cm³/mol. The molecule has 1 saturated heterocycles. The van der Waals surface area contributed by atoms with Gasteiger partial charge in [0.15, 0.2) is 6.61 Å². The third kappa shape index (κ3) is 4.70. The molecule has 0 aromatic heterocycles. The molecule has 2 amide bonds. The average Bonchev–Trinajstić information content (AvgIpc) is 2.67. The van der Waals surface area contributed by atoms with Gasteiger partial charge in [-0.1, -0.05) is 30.9 Å². The zero-order valence-electron chi connectivity index (χ0n) is 15.4. The molecule has 1 aromatic rings. The van der Waals surface area contributed by atoms with Crippen molar-refractivity contribution in [1.82, 2.24) is 9.80 Å². The van der Waals surface area contributed by atoms with Crippen molar-refractivity contribution in [2.45, 2.75) is 44.9 Å². The lowest BCUT2D eigenvalue weighted by Crippen LogP contribution is -2.51. The van der Waals surface area contributed by atoms with Gasteiger partial charge in [0.2, 0.25) is 5.91 Å². The number of hydrogen-bond acceptors (Lipinski definition) is 3. The first kappa shape index (κ1) is 19.0. The van der Waals surface area contributed by atoms with Crippen molar-refractivity contribution in [3.8, 4) is 5.75 Å². The normalized spacial score (nSPS) is 18.7. The highest BCUT2D eigenvalue weighted by molar-refractivity contribution is 6.30. The van der Waals surface area contributed by atoms with Gasteiger partial charge in [0, 0.05) is 38.1 Å². The molecule has 0 bridgehead atoms. The molecule has 0 unspecified atom stereocenters. The fourth-order valence-corrected chi connectivity index (χ4v) is 4.07. The summed E-state index contributed by atoms with van der Waals surface area (Å²) in [7, 11) is 0. The summed E-state index contributed by atoms with van der Waals surface area (Å²) in [5.74, 6) is 1.27. The lowest BCUT2D eigenvalue weighted by Gasteiger charge is -2.34. The SMILES string of the molecule is CC(=O)N1CCN(C(=O)COc2ccc(Cl)cc2C2CCCCC2)CC1. The van der Waals surface area contributed by atoms with Crippen molar-refractivity contribution in [3.63, 3.8) is 0 Å². The van der Waals surface area contributed by atoms with Gasteiger partial charge in [-0.25, -0.2) is 0 Å². The zero-order valence-corrected chi connectivity index (χ0v) is 16.1. The summed E-state index contributed by atoms with van der Waals surface area (Å²) in [6.07, 6.45) is 6.05. The fraction of sp³-hybridized carbons (Fsp3) is 0.600. The molecule has 142 valence electrons. The molecule has 6 heteroatoms. The predicted octanol–water partition coefficient (Wildman–Crippen LogP) is 3.46. The van der Waals surface area contributed by atoms with Crippen LogP contribution < -0.4 is 4.74 Å². The first-order chi connectivity index (χ1) is 12.5. The van der Waals surface area contributed by atoms with Gasteiger partial charge in [-0.15, -0.1) is 0 Å². The molecule has 1 aromatic carbocycles. The Labute approximate surface area is 160 Å². The summed E-state index contributed by atoms with van der Waals surface area (Å²) in [5.41, 5.74) is 1.13. The van der Waals surface area contributed by atoms with Crippen LogP contribution in [-0.4, -0.2) is 54.4 Å². The Morgan fingerprint density at radius 2 is 1.73 bits per heavy atom. The topological polar surface area (TPSA) is 49.9 Å². The van der Waals surface area contributed by atoms with E-state index >= 15 is 0 Å². The number of nitrogens with zero attached hydrogens (tertiary/aromatic N) is 2. The standard InChI is InChI=1S/C20H27ClN2O3/c1-15(24)22-9-11-23(12-10-22)20(25)14-26-19-8-7-17(21)13-18(19)16-5-3-2-4-6-16/h7-8,13,16H,2-6,9-12,14H2,1H3. The molecule has 2 aliphatic rings. The Morgan fingerprint density at radius 3 is 2.38 bits per heavy atom. The molecule has 0 N–H and O–H groups in total. The monoisotopic (exact) mass is 378 g/mol. The summed E-state index contributed by atoms with van der Waals surface area (Å²) in [4.78, 5) is 27.4. The van der Waals surface area contributed by atoms with Gasteiger partial charge in [-0.3, -0.25) is 9.59 Å². The summed E-state index contributed by atoms with van der Waals surface area (Å²) < 4.78 is 5.90. The quantitative estimate of drug-likeness (QED) is 0.806. The molecule has 1 heterocycles. The Balaban J connectivity index is 1.59. The Bertz CT molecular complexity index is 650. The van der Waals surface area contributed by atoms with Crippen LogP contribution in [0.15, 0.2) is 18.2 Å². The Kier molecular flexibility index (Phi) is 6.41. The minimum Gasteiger partial charge on any atom is -0.483 e. The molecule has 1 aliphatic carbocycles. The molecule has 3 rings (SSSR count). The third-order valence-electron chi connectivity index (χ3n) is 5.45. The highest BCUT2D eigenvalue weighted by atomic mass is 35.5. The van der Waals surface area contributed by atoms with Gasteiger partial charge in [-0.2, -0.15) is 0 Å². The Morgan fingerprint density at radius 1 is 1.08 bits per heavy atom. The summed E-state index contributed by atoms with van der Waals surface area (Å²) in [5, 5.41) is 0.713. The minimum atomic E-state index is -0.0299. The average molecular weight is 379 g/mol. The molecule has 1 saturated carbocycles. The van der Waals surface area contributed by atoms with Crippen molar-refractivity contribution in [1.29, 1.82) is 0 Å². The van der Waals surface area contributed by atoms with Crippen LogP contribution in [0.25, 0.3) is 0 Å². The number of piperazine rings is 1. The van der Waals surface area contributed by atoms with Crippen molar-refractivity contribution >= 4 is 23.4 Å². The Hall–Kier alpha value is -1.75. The van der Waals surface area contributed by atoms with Crippen LogP contribution in [-0.2, 0) is 9.59 Å². The van der Waals surface area contributed by atoms with E-state index in [4.69, 9.17) is 16.3 Å². The maximum absolute atomic E-state index is 12.5. The van der Waals surface area contributed by atoms with Gasteiger partial charge >= 0.3 is 0 Å². The minimum absolute atomic E-state index is 0.0292. The highest BCUT2D eigenvalue weighted by Gasteiger charge is 2.24. The van der Waals surface area contributed by atoms with Crippen LogP contribution in [0.4, 0.5) is 0 Å². The lowest BCUT2D eigenvalue weighted by atomic mass is 9.84. The van der Waals surface area contributed by atoms with Gasteiger partial charge in [0.05, 0.1) is 0 Å². The van der Waals surface area contributed by atoms with Gasteiger partial charge in [0.25, 0.3) is 5.91 Å². The summed E-state index contributed by atoms with van der Waals surface area (Å²) in [6, 6.07) is 5.69. The maximum Gasteiger partial charge on any atom is 0.260 e. The molecule has 0 radical (unpaired) electrons. The summed E-state index contributed by atoms with van der Waals surface area (Å²) in [6.45, 7) is 3.91. The van der Waals surface area contributed by atoms with E-state index in [-0.39, 0.29) is 18.4 Å². The molecular weight excluding hydrogens is 352 g/mol. The van der Waals surface area contributed by atoms with Crippen molar-refractivity contribution < 1.29 is 14.3 Å². The molecule has 2 fully saturated rings. The molecular formula is C20H27ClN2O3. The number of ether oxygens (including phenoxy) is 1.